The van der Waals surface area contributed by atoms with E-state index in [1.165, 1.54) is 6.07 Å². The maximum atomic E-state index is 12.8. The Balaban J connectivity index is 1.81. The highest BCUT2D eigenvalue weighted by Gasteiger charge is 2.13. The first-order chi connectivity index (χ1) is 11.7. The van der Waals surface area contributed by atoms with E-state index in [0.29, 0.717) is 11.1 Å². The van der Waals surface area contributed by atoms with Gasteiger partial charge < -0.3 is 10.3 Å². The molecule has 116 valence electrons. The van der Waals surface area contributed by atoms with Gasteiger partial charge in [-0.3, -0.25) is 9.59 Å². The van der Waals surface area contributed by atoms with Crippen molar-refractivity contribution in [2.45, 2.75) is 0 Å². The van der Waals surface area contributed by atoms with E-state index in [1.54, 1.807) is 6.07 Å². The Morgan fingerprint density at radius 1 is 0.833 bits per heavy atom. The van der Waals surface area contributed by atoms with Crippen LogP contribution in [0.2, 0.25) is 0 Å². The Hall–Kier alpha value is -3.40. The number of para-hydroxylation sites is 1. The van der Waals surface area contributed by atoms with Gasteiger partial charge in [-0.25, -0.2) is 0 Å². The predicted molar refractivity (Wildman–Crippen MR) is 96.5 cm³/mol. The topological polar surface area (TPSA) is 62.0 Å². The van der Waals surface area contributed by atoms with Crippen LogP contribution in [0.5, 0.6) is 0 Å². The van der Waals surface area contributed by atoms with Crippen LogP contribution in [-0.4, -0.2) is 10.9 Å². The summed E-state index contributed by atoms with van der Waals surface area (Å²) in [5.41, 5.74) is 1.44. The summed E-state index contributed by atoms with van der Waals surface area (Å²) in [6.45, 7) is 0. The highest BCUT2D eigenvalue weighted by atomic mass is 16.2. The van der Waals surface area contributed by atoms with Crippen molar-refractivity contribution in [1.29, 1.82) is 0 Å². The highest BCUT2D eigenvalue weighted by molar-refractivity contribution is 6.14. The van der Waals surface area contributed by atoms with Crippen LogP contribution in [0.3, 0.4) is 0 Å². The molecule has 0 radical (unpaired) electrons. The van der Waals surface area contributed by atoms with Crippen molar-refractivity contribution in [2.75, 3.05) is 5.32 Å². The summed E-state index contributed by atoms with van der Waals surface area (Å²) in [7, 11) is 0. The number of pyridine rings is 1. The van der Waals surface area contributed by atoms with Crippen molar-refractivity contribution in [3.8, 4) is 0 Å². The first kappa shape index (κ1) is 14.2. The number of fused-ring (bicyclic) bond motifs is 2. The van der Waals surface area contributed by atoms with Gasteiger partial charge in [0.1, 0.15) is 0 Å². The first-order valence-electron chi connectivity index (χ1n) is 7.63. The largest absolute Gasteiger partial charge is 0.322 e. The lowest BCUT2D eigenvalue weighted by Gasteiger charge is -2.10. The number of hydrogen-bond donors (Lipinski definition) is 2. The molecule has 24 heavy (non-hydrogen) atoms. The van der Waals surface area contributed by atoms with Crippen LogP contribution in [0, 0.1) is 0 Å². The fraction of sp³-hybridized carbons (Fsp3) is 0. The van der Waals surface area contributed by atoms with Gasteiger partial charge in [-0.2, -0.15) is 0 Å². The van der Waals surface area contributed by atoms with Crippen LogP contribution in [0.25, 0.3) is 21.7 Å². The number of rotatable bonds is 2. The standard InChI is InChI=1S/C20H14N2O2/c23-19-12-16(15-9-3-4-10-18(15)21-19)20(24)22-17-11-5-7-13-6-1-2-8-14(13)17/h1-12H,(H,21,23)(H,22,24). The number of carbonyl (C=O) groups is 1. The molecule has 0 saturated carbocycles. The molecule has 0 aliphatic rings. The molecule has 1 amide bonds. The molecule has 0 aliphatic carbocycles. The fourth-order valence-corrected chi connectivity index (χ4v) is 2.92. The molecule has 0 unspecified atom stereocenters. The molecule has 1 aromatic heterocycles. The summed E-state index contributed by atoms with van der Waals surface area (Å²) in [4.78, 5) is 27.3. The number of anilines is 1. The van der Waals surface area contributed by atoms with Crippen LogP contribution < -0.4 is 10.9 Å². The van der Waals surface area contributed by atoms with Gasteiger partial charge in [0, 0.05) is 28.0 Å². The molecular formula is C20H14N2O2. The molecule has 4 nitrogen and oxygen atoms in total. The van der Waals surface area contributed by atoms with E-state index in [2.05, 4.69) is 10.3 Å². The number of H-pyrrole nitrogens is 1. The SMILES string of the molecule is O=C(Nc1cccc2ccccc12)c1cc(=O)[nH]c2ccccc12. The lowest BCUT2D eigenvalue weighted by atomic mass is 10.1. The van der Waals surface area contributed by atoms with Crippen LogP contribution in [0.4, 0.5) is 5.69 Å². The maximum absolute atomic E-state index is 12.8. The predicted octanol–water partition coefficient (Wildman–Crippen LogP) is 3.93. The summed E-state index contributed by atoms with van der Waals surface area (Å²) < 4.78 is 0. The number of hydrogen-bond acceptors (Lipinski definition) is 2. The molecule has 0 saturated heterocycles. The van der Waals surface area contributed by atoms with Gasteiger partial charge in [0.2, 0.25) is 5.56 Å². The Morgan fingerprint density at radius 3 is 2.42 bits per heavy atom. The van der Waals surface area contributed by atoms with Gasteiger partial charge in [0.25, 0.3) is 5.91 Å². The Bertz CT molecular complexity index is 1120. The van der Waals surface area contributed by atoms with Crippen LogP contribution >= 0.6 is 0 Å². The number of aromatic nitrogens is 1. The minimum Gasteiger partial charge on any atom is -0.322 e. The van der Waals surface area contributed by atoms with E-state index >= 15 is 0 Å². The van der Waals surface area contributed by atoms with Crippen LogP contribution in [0.15, 0.2) is 77.6 Å². The van der Waals surface area contributed by atoms with E-state index < -0.39 is 0 Å². The van der Waals surface area contributed by atoms with Gasteiger partial charge in [-0.1, -0.05) is 54.6 Å². The minimum atomic E-state index is -0.298. The number of aromatic amines is 1. The van der Waals surface area contributed by atoms with Gasteiger partial charge in [-0.15, -0.1) is 0 Å². The molecule has 4 aromatic rings. The summed E-state index contributed by atoms with van der Waals surface area (Å²) in [6.07, 6.45) is 0. The van der Waals surface area contributed by atoms with Crippen LogP contribution in [-0.2, 0) is 0 Å². The molecule has 3 aromatic carbocycles. The third-order valence-electron chi connectivity index (χ3n) is 4.03. The zero-order chi connectivity index (χ0) is 16.5. The molecule has 0 spiro atoms. The normalized spacial score (nSPS) is 10.8. The Kier molecular flexibility index (Phi) is 3.35. The fourth-order valence-electron chi connectivity index (χ4n) is 2.92. The molecule has 2 N–H and O–H groups in total. The lowest BCUT2D eigenvalue weighted by molar-refractivity contribution is 0.102. The highest BCUT2D eigenvalue weighted by Crippen LogP contribution is 2.24. The van der Waals surface area contributed by atoms with Crippen molar-refractivity contribution >= 4 is 33.3 Å². The molecule has 0 fully saturated rings. The molecule has 0 aliphatic heterocycles. The smallest absolute Gasteiger partial charge is 0.256 e. The minimum absolute atomic E-state index is 0.295. The molecule has 0 atom stereocenters. The summed E-state index contributed by atoms with van der Waals surface area (Å²) >= 11 is 0. The van der Waals surface area contributed by atoms with Gasteiger partial charge >= 0.3 is 0 Å². The van der Waals surface area contributed by atoms with E-state index in [4.69, 9.17) is 0 Å². The third-order valence-corrected chi connectivity index (χ3v) is 4.03. The molecular weight excluding hydrogens is 300 g/mol. The second-order valence-electron chi connectivity index (χ2n) is 5.57. The molecule has 1 heterocycles. The molecule has 4 rings (SSSR count). The number of carbonyl (C=O) groups excluding carboxylic acids is 1. The maximum Gasteiger partial charge on any atom is 0.256 e. The summed E-state index contributed by atoms with van der Waals surface area (Å²) in [5, 5.41) is 5.65. The van der Waals surface area contributed by atoms with Crippen molar-refractivity contribution in [2.24, 2.45) is 0 Å². The quantitative estimate of drug-likeness (QED) is 0.589. The number of benzene rings is 3. The average molecular weight is 314 g/mol. The van der Waals surface area contributed by atoms with Gasteiger partial charge in [0.15, 0.2) is 0 Å². The zero-order valence-corrected chi connectivity index (χ0v) is 12.7. The average Bonchev–Trinajstić information content (AvgIpc) is 2.61. The van der Waals surface area contributed by atoms with Crippen molar-refractivity contribution in [1.82, 2.24) is 4.98 Å². The van der Waals surface area contributed by atoms with Gasteiger partial charge in [0.05, 0.1) is 5.56 Å². The zero-order valence-electron chi connectivity index (χ0n) is 12.7. The number of nitrogens with one attached hydrogen (secondary N) is 2. The molecule has 0 bridgehead atoms. The van der Waals surface area contributed by atoms with Gasteiger partial charge in [-0.05, 0) is 17.5 Å². The third kappa shape index (κ3) is 2.44. The first-order valence-corrected chi connectivity index (χ1v) is 7.63. The lowest BCUT2D eigenvalue weighted by Crippen LogP contribution is -2.17. The second-order valence-corrected chi connectivity index (χ2v) is 5.57. The molecule has 4 heteroatoms. The van der Waals surface area contributed by atoms with Crippen molar-refractivity contribution in [3.05, 3.63) is 88.7 Å². The van der Waals surface area contributed by atoms with E-state index in [-0.39, 0.29) is 11.5 Å². The van der Waals surface area contributed by atoms with E-state index in [0.717, 1.165) is 21.8 Å². The van der Waals surface area contributed by atoms with E-state index in [1.807, 2.05) is 60.7 Å². The Morgan fingerprint density at radius 2 is 1.54 bits per heavy atom. The second kappa shape index (κ2) is 5.66. The van der Waals surface area contributed by atoms with E-state index in [9.17, 15) is 9.59 Å². The van der Waals surface area contributed by atoms with Crippen LogP contribution in [0.1, 0.15) is 10.4 Å². The summed E-state index contributed by atoms with van der Waals surface area (Å²) in [6, 6.07) is 22.2. The Labute approximate surface area is 137 Å². The summed E-state index contributed by atoms with van der Waals surface area (Å²) in [5.74, 6) is -0.298. The van der Waals surface area contributed by atoms with Crippen molar-refractivity contribution in [3.63, 3.8) is 0 Å². The monoisotopic (exact) mass is 314 g/mol. The number of amides is 1. The van der Waals surface area contributed by atoms with Crippen molar-refractivity contribution < 1.29 is 4.79 Å².